The Morgan fingerprint density at radius 3 is 1.54 bits per heavy atom. The zero-order valence-electron chi connectivity index (χ0n) is 30.3. The molecule has 0 spiro atoms. The molecule has 260 valence electrons. The minimum Gasteiger partial charge on any atom is -0.247 e. The van der Waals surface area contributed by atoms with Gasteiger partial charge in [-0.3, -0.25) is 0 Å². The highest BCUT2D eigenvalue weighted by Gasteiger charge is 2.29. The van der Waals surface area contributed by atoms with Gasteiger partial charge in [0.25, 0.3) is 0 Å². The van der Waals surface area contributed by atoms with Gasteiger partial charge in [-0.1, -0.05) is 164 Å². The molecule has 0 bridgehead atoms. The average molecular weight is 713 g/mol. The van der Waals surface area contributed by atoms with Gasteiger partial charge in [-0.2, -0.15) is 0 Å². The predicted molar refractivity (Wildman–Crippen MR) is 227 cm³/mol. The molecule has 0 unspecified atom stereocenters. The first kappa shape index (κ1) is 31.9. The summed E-state index contributed by atoms with van der Waals surface area (Å²) in [4.78, 5) is 5.21. The summed E-state index contributed by atoms with van der Waals surface area (Å²) in [6.07, 6.45) is 4.07. The van der Waals surface area contributed by atoms with E-state index >= 15 is 0 Å². The monoisotopic (exact) mass is 712 g/mol. The van der Waals surface area contributed by atoms with Crippen molar-refractivity contribution in [1.82, 2.24) is 15.4 Å². The summed E-state index contributed by atoms with van der Waals surface area (Å²) in [6, 6.07) is 64.9. The molecule has 0 radical (unpaired) electrons. The summed E-state index contributed by atoms with van der Waals surface area (Å²) in [5.74, 6) is 0. The molecular formula is C52H32N4. The summed E-state index contributed by atoms with van der Waals surface area (Å²) in [7, 11) is 0. The Bertz CT molecular complexity index is 3120. The SMILES string of the molecule is C1=c2c(ccc3c2=Nc2ccccc2-3)-c2cc(-c3ccccc3-c3ccccc3)c(-c3ccccc3-c3ccccc3-c3ccccc3)c(-c3ccnnn3)c21. The van der Waals surface area contributed by atoms with Crippen LogP contribution < -0.4 is 10.6 Å². The number of hydrogen-bond acceptors (Lipinski definition) is 4. The summed E-state index contributed by atoms with van der Waals surface area (Å²) in [5.41, 5.74) is 19.9. The first-order valence-corrected chi connectivity index (χ1v) is 18.9. The van der Waals surface area contributed by atoms with Crippen molar-refractivity contribution < 1.29 is 0 Å². The molecule has 0 saturated heterocycles. The highest BCUT2D eigenvalue weighted by molar-refractivity contribution is 6.09. The van der Waals surface area contributed by atoms with Crippen LogP contribution in [0.1, 0.15) is 5.56 Å². The molecule has 56 heavy (non-hydrogen) atoms. The third-order valence-corrected chi connectivity index (χ3v) is 11.1. The molecule has 2 aliphatic rings. The Morgan fingerprint density at radius 1 is 0.357 bits per heavy atom. The quantitative estimate of drug-likeness (QED) is 0.172. The van der Waals surface area contributed by atoms with E-state index in [9.17, 15) is 0 Å². The predicted octanol–water partition coefficient (Wildman–Crippen LogP) is 11.6. The highest BCUT2D eigenvalue weighted by Crippen LogP contribution is 2.51. The summed E-state index contributed by atoms with van der Waals surface area (Å²) in [6.45, 7) is 0. The van der Waals surface area contributed by atoms with Crippen LogP contribution in [-0.4, -0.2) is 15.4 Å². The van der Waals surface area contributed by atoms with Gasteiger partial charge in [0.05, 0.1) is 22.9 Å². The van der Waals surface area contributed by atoms with Gasteiger partial charge in [-0.05, 0) is 96.2 Å². The van der Waals surface area contributed by atoms with Crippen molar-refractivity contribution in [2.45, 2.75) is 0 Å². The second kappa shape index (κ2) is 13.1. The normalized spacial score (nSPS) is 11.9. The third-order valence-electron chi connectivity index (χ3n) is 11.1. The van der Waals surface area contributed by atoms with E-state index in [0.29, 0.717) is 0 Å². The Labute approximate surface area is 324 Å². The second-order valence-electron chi connectivity index (χ2n) is 14.2. The number of nitrogens with zero attached hydrogens (tertiary/aromatic N) is 4. The molecule has 0 saturated carbocycles. The van der Waals surface area contributed by atoms with Gasteiger partial charge in [0.2, 0.25) is 0 Å². The molecule has 0 fully saturated rings. The highest BCUT2D eigenvalue weighted by atomic mass is 15.3. The lowest BCUT2D eigenvalue weighted by Gasteiger charge is -2.24. The molecular weight excluding hydrogens is 681 g/mol. The zero-order valence-corrected chi connectivity index (χ0v) is 30.3. The maximum Gasteiger partial charge on any atom is 0.0976 e. The smallest absolute Gasteiger partial charge is 0.0976 e. The Morgan fingerprint density at radius 2 is 0.893 bits per heavy atom. The van der Waals surface area contributed by atoms with Gasteiger partial charge in [-0.15, -0.1) is 10.2 Å². The fraction of sp³-hybridized carbons (Fsp3) is 0. The van der Waals surface area contributed by atoms with Crippen LogP contribution in [0.5, 0.6) is 0 Å². The van der Waals surface area contributed by atoms with E-state index in [1.165, 1.54) is 16.7 Å². The third kappa shape index (κ3) is 5.08. The molecule has 0 N–H and O–H groups in total. The Hall–Kier alpha value is -7.56. The van der Waals surface area contributed by atoms with Crippen molar-refractivity contribution in [3.05, 3.63) is 204 Å². The summed E-state index contributed by atoms with van der Waals surface area (Å²) >= 11 is 0. The van der Waals surface area contributed by atoms with Crippen LogP contribution in [-0.2, 0) is 0 Å². The number of para-hydroxylation sites is 1. The minimum absolute atomic E-state index is 0.761. The maximum absolute atomic E-state index is 5.21. The molecule has 4 heteroatoms. The van der Waals surface area contributed by atoms with Crippen LogP contribution in [0.4, 0.5) is 5.69 Å². The van der Waals surface area contributed by atoms with Crippen molar-refractivity contribution >= 4 is 11.8 Å². The van der Waals surface area contributed by atoms with Crippen LogP contribution in [0.3, 0.4) is 0 Å². The van der Waals surface area contributed by atoms with E-state index in [0.717, 1.165) is 94.3 Å². The first-order chi connectivity index (χ1) is 27.8. The summed E-state index contributed by atoms with van der Waals surface area (Å²) < 4.78 is 0. The minimum atomic E-state index is 0.761. The lowest BCUT2D eigenvalue weighted by molar-refractivity contribution is 0.870. The topological polar surface area (TPSA) is 51.0 Å². The molecule has 0 atom stereocenters. The fourth-order valence-corrected chi connectivity index (χ4v) is 8.70. The summed E-state index contributed by atoms with van der Waals surface area (Å²) in [5, 5.41) is 15.3. The Balaban J connectivity index is 1.28. The van der Waals surface area contributed by atoms with Gasteiger partial charge in [0.1, 0.15) is 0 Å². The standard InChI is InChI=1S/C52H32N4/c1-3-15-33(16-4-1)35-19-7-9-21-37(35)39-23-11-12-25-42(39)50-45(38-22-10-8-20-36(38)34-17-5-2-6-18-34)31-44-40-27-28-43-41-24-13-14-26-48(41)54-52(43)47(40)32-46(44)51(50)49-29-30-53-56-55-49/h1-32H. The van der Waals surface area contributed by atoms with E-state index in [2.05, 4.69) is 192 Å². The zero-order chi connectivity index (χ0) is 37.0. The Kier molecular flexibility index (Phi) is 7.46. The lowest BCUT2D eigenvalue weighted by Crippen LogP contribution is -2.25. The molecule has 11 rings (SSSR count). The van der Waals surface area contributed by atoms with Crippen molar-refractivity contribution in [3.63, 3.8) is 0 Å². The molecule has 1 aliphatic carbocycles. The van der Waals surface area contributed by atoms with Gasteiger partial charge >= 0.3 is 0 Å². The number of fused-ring (bicyclic) bond motifs is 7. The van der Waals surface area contributed by atoms with E-state index in [4.69, 9.17) is 10.1 Å². The number of benzene rings is 8. The van der Waals surface area contributed by atoms with E-state index < -0.39 is 0 Å². The van der Waals surface area contributed by atoms with E-state index in [-0.39, 0.29) is 0 Å². The van der Waals surface area contributed by atoms with Gasteiger partial charge in [0, 0.05) is 27.5 Å². The maximum atomic E-state index is 5.21. The number of rotatable bonds is 6. The van der Waals surface area contributed by atoms with E-state index in [1.54, 1.807) is 6.20 Å². The van der Waals surface area contributed by atoms with Crippen molar-refractivity contribution in [2.75, 3.05) is 0 Å². The molecule has 1 aromatic heterocycles. The van der Waals surface area contributed by atoms with Crippen LogP contribution in [0.2, 0.25) is 0 Å². The second-order valence-corrected chi connectivity index (χ2v) is 14.2. The van der Waals surface area contributed by atoms with Crippen molar-refractivity contribution in [3.8, 4) is 89.1 Å². The van der Waals surface area contributed by atoms with Crippen LogP contribution in [0, 0.1) is 0 Å². The van der Waals surface area contributed by atoms with Crippen molar-refractivity contribution in [2.24, 2.45) is 4.99 Å². The van der Waals surface area contributed by atoms with Crippen LogP contribution in [0.15, 0.2) is 193 Å². The first-order valence-electron chi connectivity index (χ1n) is 18.9. The molecule has 4 nitrogen and oxygen atoms in total. The van der Waals surface area contributed by atoms with Crippen molar-refractivity contribution in [1.29, 1.82) is 0 Å². The largest absolute Gasteiger partial charge is 0.247 e. The molecule has 2 heterocycles. The van der Waals surface area contributed by atoms with Gasteiger partial charge in [0.15, 0.2) is 0 Å². The van der Waals surface area contributed by atoms with Crippen LogP contribution >= 0.6 is 0 Å². The molecule has 0 amide bonds. The molecule has 9 aromatic rings. The average Bonchev–Trinajstić information content (AvgIpc) is 3.85. The lowest BCUT2D eigenvalue weighted by atomic mass is 9.79. The molecule has 1 aliphatic heterocycles. The number of hydrogen-bond donors (Lipinski definition) is 0. The van der Waals surface area contributed by atoms with Crippen LogP contribution in [0.25, 0.3) is 95.2 Å². The fourth-order valence-electron chi connectivity index (χ4n) is 8.70. The number of aromatic nitrogens is 3. The van der Waals surface area contributed by atoms with Gasteiger partial charge < -0.3 is 0 Å². The van der Waals surface area contributed by atoms with Gasteiger partial charge in [-0.25, -0.2) is 4.99 Å². The van der Waals surface area contributed by atoms with E-state index in [1.807, 2.05) is 6.07 Å². The molecule has 8 aromatic carbocycles.